The molecular formula is C21H28Cl2N2O3. The number of nitrogens with one attached hydrogen (secondary N) is 1. The highest BCUT2D eigenvalue weighted by molar-refractivity contribution is 6.42. The van der Waals surface area contributed by atoms with Gasteiger partial charge in [-0.15, -0.1) is 0 Å². The number of likely N-dealkylation sites (tertiary alicyclic amines) is 1. The molecule has 2 atom stereocenters. The van der Waals surface area contributed by atoms with E-state index in [-0.39, 0.29) is 29.1 Å². The molecule has 2 N–H and O–H groups in total. The highest BCUT2D eigenvalue weighted by Crippen LogP contribution is 2.50. The fraction of sp³-hybridized carbons (Fsp3) is 0.619. The summed E-state index contributed by atoms with van der Waals surface area (Å²) >= 11 is 12.0. The van der Waals surface area contributed by atoms with Crippen LogP contribution in [-0.4, -0.2) is 47.6 Å². The summed E-state index contributed by atoms with van der Waals surface area (Å²) in [5, 5.41) is 14.2. The Balaban J connectivity index is 1.57. The van der Waals surface area contributed by atoms with Crippen LogP contribution in [0.1, 0.15) is 49.9 Å². The second-order valence-electron chi connectivity index (χ2n) is 8.49. The lowest BCUT2D eigenvalue weighted by Gasteiger charge is -2.33. The molecule has 154 valence electrons. The van der Waals surface area contributed by atoms with Gasteiger partial charge in [-0.1, -0.05) is 37.0 Å². The zero-order valence-corrected chi connectivity index (χ0v) is 17.9. The molecule has 1 aromatic rings. The van der Waals surface area contributed by atoms with Crippen LogP contribution in [0.5, 0.6) is 0 Å². The van der Waals surface area contributed by atoms with E-state index in [0.29, 0.717) is 35.2 Å². The number of piperidine rings is 1. The molecule has 1 heterocycles. The van der Waals surface area contributed by atoms with Gasteiger partial charge in [-0.2, -0.15) is 0 Å². The first-order valence-electron chi connectivity index (χ1n) is 9.93. The molecule has 5 nitrogen and oxygen atoms in total. The minimum Gasteiger partial charge on any atom is -0.392 e. The summed E-state index contributed by atoms with van der Waals surface area (Å²) in [6.45, 7) is 5.52. The molecule has 0 unspecified atom stereocenters. The number of halogens is 2. The molecular weight excluding hydrogens is 399 g/mol. The van der Waals surface area contributed by atoms with E-state index in [4.69, 9.17) is 23.2 Å². The predicted octanol–water partition coefficient (Wildman–Crippen LogP) is 3.76. The second kappa shape index (κ2) is 8.60. The maximum Gasteiger partial charge on any atom is 0.253 e. The van der Waals surface area contributed by atoms with E-state index < -0.39 is 6.10 Å². The van der Waals surface area contributed by atoms with E-state index in [1.54, 1.807) is 23.1 Å². The monoisotopic (exact) mass is 426 g/mol. The van der Waals surface area contributed by atoms with Gasteiger partial charge in [0.1, 0.15) is 0 Å². The van der Waals surface area contributed by atoms with E-state index in [1.165, 1.54) is 0 Å². The third-order valence-electron chi connectivity index (χ3n) is 6.01. The molecule has 1 aliphatic carbocycles. The Kier molecular flexibility index (Phi) is 6.58. The van der Waals surface area contributed by atoms with Gasteiger partial charge in [-0.05, 0) is 49.8 Å². The molecule has 7 heteroatoms. The third kappa shape index (κ3) is 4.64. The molecule has 0 spiro atoms. The summed E-state index contributed by atoms with van der Waals surface area (Å²) < 4.78 is 0. The van der Waals surface area contributed by atoms with Crippen molar-refractivity contribution >= 4 is 35.0 Å². The van der Waals surface area contributed by atoms with E-state index in [9.17, 15) is 14.7 Å². The van der Waals surface area contributed by atoms with Crippen molar-refractivity contribution < 1.29 is 14.7 Å². The molecule has 0 bridgehead atoms. The van der Waals surface area contributed by atoms with Crippen molar-refractivity contribution in [3.05, 3.63) is 33.8 Å². The zero-order valence-electron chi connectivity index (χ0n) is 16.4. The Hall–Kier alpha value is -1.30. The maximum atomic E-state index is 12.8. The van der Waals surface area contributed by atoms with Crippen LogP contribution in [0.15, 0.2) is 18.2 Å². The number of carbonyl (C=O) groups excluding carboxylic acids is 2. The highest BCUT2D eigenvalue weighted by atomic mass is 35.5. The van der Waals surface area contributed by atoms with Gasteiger partial charge in [0.15, 0.2) is 0 Å². The van der Waals surface area contributed by atoms with Crippen molar-refractivity contribution in [1.29, 1.82) is 0 Å². The lowest BCUT2D eigenvalue weighted by atomic mass is 9.89. The molecule has 1 aromatic carbocycles. The normalized spacial score (nSPS) is 22.1. The van der Waals surface area contributed by atoms with E-state index >= 15 is 0 Å². The number of nitrogens with zero attached hydrogens (tertiary/aromatic N) is 1. The van der Waals surface area contributed by atoms with Crippen LogP contribution < -0.4 is 5.32 Å². The van der Waals surface area contributed by atoms with Gasteiger partial charge in [-0.25, -0.2) is 0 Å². The first kappa shape index (κ1) is 21.4. The van der Waals surface area contributed by atoms with E-state index in [0.717, 1.165) is 25.7 Å². The molecule has 0 radical (unpaired) electrons. The number of hydrogen-bond acceptors (Lipinski definition) is 3. The average Bonchev–Trinajstić information content (AvgIpc) is 3.48. The quantitative estimate of drug-likeness (QED) is 0.727. The molecule has 1 saturated carbocycles. The Morgan fingerprint density at radius 2 is 2.00 bits per heavy atom. The highest BCUT2D eigenvalue weighted by Gasteiger charge is 2.50. The summed E-state index contributed by atoms with van der Waals surface area (Å²) in [5.74, 6) is -0.223. The van der Waals surface area contributed by atoms with Crippen molar-refractivity contribution in [1.82, 2.24) is 10.2 Å². The number of benzene rings is 1. The van der Waals surface area contributed by atoms with Crippen molar-refractivity contribution in [2.75, 3.05) is 19.6 Å². The van der Waals surface area contributed by atoms with Gasteiger partial charge < -0.3 is 15.3 Å². The average molecular weight is 427 g/mol. The number of amides is 2. The Morgan fingerprint density at radius 3 is 2.61 bits per heavy atom. The van der Waals surface area contributed by atoms with Crippen LogP contribution in [0.3, 0.4) is 0 Å². The van der Waals surface area contributed by atoms with Gasteiger partial charge in [0.25, 0.3) is 5.91 Å². The van der Waals surface area contributed by atoms with Gasteiger partial charge in [0.2, 0.25) is 5.91 Å². The fourth-order valence-corrected chi connectivity index (χ4v) is 4.34. The first-order valence-corrected chi connectivity index (χ1v) is 10.7. The minimum atomic E-state index is -0.396. The zero-order chi connectivity index (χ0) is 20.5. The standard InChI is InChI=1S/C21H28Cl2N2O3/c1-13(2)18(26)21(7-8-21)12-24-19(27)15-4-3-9-25(11-15)20(28)14-5-6-16(22)17(23)10-14/h5-6,10,13,15,18,26H,3-4,7-9,11-12H2,1-2H3,(H,24,27)/t15-,18+/m0/s1. The number of hydrogen-bond donors (Lipinski definition) is 2. The second-order valence-corrected chi connectivity index (χ2v) is 9.30. The van der Waals surface area contributed by atoms with Crippen molar-refractivity contribution in [3.8, 4) is 0 Å². The number of aliphatic hydroxyl groups is 1. The smallest absolute Gasteiger partial charge is 0.253 e. The predicted molar refractivity (Wildman–Crippen MR) is 111 cm³/mol. The Morgan fingerprint density at radius 1 is 1.29 bits per heavy atom. The minimum absolute atomic E-state index is 0.0335. The van der Waals surface area contributed by atoms with Crippen LogP contribution in [0.4, 0.5) is 0 Å². The summed E-state index contributed by atoms with van der Waals surface area (Å²) in [6.07, 6.45) is 3.03. The first-order chi connectivity index (χ1) is 13.2. The summed E-state index contributed by atoms with van der Waals surface area (Å²) in [7, 11) is 0. The maximum absolute atomic E-state index is 12.8. The van der Waals surface area contributed by atoms with Gasteiger partial charge >= 0.3 is 0 Å². The number of rotatable bonds is 6. The molecule has 1 saturated heterocycles. The molecule has 0 aromatic heterocycles. The van der Waals surface area contributed by atoms with Crippen molar-refractivity contribution in [2.24, 2.45) is 17.3 Å². The van der Waals surface area contributed by atoms with Gasteiger partial charge in [0.05, 0.1) is 22.1 Å². The van der Waals surface area contributed by atoms with E-state index in [1.807, 2.05) is 13.8 Å². The van der Waals surface area contributed by atoms with E-state index in [2.05, 4.69) is 5.32 Å². The molecule has 2 fully saturated rings. The third-order valence-corrected chi connectivity index (χ3v) is 6.75. The molecule has 28 heavy (non-hydrogen) atoms. The summed E-state index contributed by atoms with van der Waals surface area (Å²) in [4.78, 5) is 27.2. The Bertz CT molecular complexity index is 749. The van der Waals surface area contributed by atoms with Crippen LogP contribution in [0.25, 0.3) is 0 Å². The molecule has 3 rings (SSSR count). The Labute approximate surface area is 176 Å². The van der Waals surface area contributed by atoms with Crippen LogP contribution in [0, 0.1) is 17.3 Å². The van der Waals surface area contributed by atoms with Gasteiger partial charge in [-0.3, -0.25) is 9.59 Å². The van der Waals surface area contributed by atoms with Crippen molar-refractivity contribution in [2.45, 2.75) is 45.6 Å². The number of carbonyl (C=O) groups is 2. The fourth-order valence-electron chi connectivity index (χ4n) is 4.04. The number of aliphatic hydroxyl groups excluding tert-OH is 1. The SMILES string of the molecule is CC(C)[C@@H](O)C1(CNC(=O)[C@H]2CCCN(C(=O)c3ccc(Cl)c(Cl)c3)C2)CC1. The lowest BCUT2D eigenvalue weighted by molar-refractivity contribution is -0.126. The van der Waals surface area contributed by atoms with Crippen LogP contribution >= 0.6 is 23.2 Å². The summed E-state index contributed by atoms with van der Waals surface area (Å²) in [5.41, 5.74) is 0.307. The molecule has 2 amide bonds. The largest absolute Gasteiger partial charge is 0.392 e. The lowest BCUT2D eigenvalue weighted by Crippen LogP contribution is -2.47. The van der Waals surface area contributed by atoms with Crippen molar-refractivity contribution in [3.63, 3.8) is 0 Å². The van der Waals surface area contributed by atoms with Crippen LogP contribution in [0.2, 0.25) is 10.0 Å². The van der Waals surface area contributed by atoms with Gasteiger partial charge in [0, 0.05) is 30.6 Å². The summed E-state index contributed by atoms with van der Waals surface area (Å²) in [6, 6.07) is 4.84. The molecule has 1 aliphatic heterocycles. The van der Waals surface area contributed by atoms with Crippen LogP contribution in [-0.2, 0) is 4.79 Å². The molecule has 2 aliphatic rings. The topological polar surface area (TPSA) is 69.6 Å².